The van der Waals surface area contributed by atoms with E-state index in [0.717, 1.165) is 5.69 Å². The summed E-state index contributed by atoms with van der Waals surface area (Å²) in [6.45, 7) is 0.474. The van der Waals surface area contributed by atoms with Crippen LogP contribution in [0.1, 0.15) is 17.4 Å². The summed E-state index contributed by atoms with van der Waals surface area (Å²) in [5.41, 5.74) is 0.864. The summed E-state index contributed by atoms with van der Waals surface area (Å²) in [6, 6.07) is 5.48. The van der Waals surface area contributed by atoms with Crippen molar-refractivity contribution in [1.82, 2.24) is 20.4 Å². The Kier molecular flexibility index (Phi) is 3.98. The van der Waals surface area contributed by atoms with Gasteiger partial charge in [-0.2, -0.15) is 4.98 Å². The van der Waals surface area contributed by atoms with Crippen molar-refractivity contribution in [2.45, 2.75) is 18.9 Å². The average molecular weight is 308 g/mol. The third kappa shape index (κ3) is 3.85. The highest BCUT2D eigenvalue weighted by Gasteiger charge is 2.26. The minimum absolute atomic E-state index is 0.116. The lowest BCUT2D eigenvalue weighted by Gasteiger charge is -2.21. The summed E-state index contributed by atoms with van der Waals surface area (Å²) in [5.74, 6) is 1.32. The topological polar surface area (TPSA) is 98.0 Å². The molecule has 0 aromatic carbocycles. The van der Waals surface area contributed by atoms with Crippen LogP contribution in [0.3, 0.4) is 0 Å². The molecule has 21 heavy (non-hydrogen) atoms. The van der Waals surface area contributed by atoms with Gasteiger partial charge in [0.05, 0.1) is 17.9 Å². The molecule has 1 N–H and O–H groups in total. The Morgan fingerprint density at radius 1 is 1.38 bits per heavy atom. The molecule has 8 heteroatoms. The lowest BCUT2D eigenvalue weighted by Crippen LogP contribution is -2.46. The van der Waals surface area contributed by atoms with E-state index in [1.807, 2.05) is 18.2 Å². The molecule has 1 aliphatic rings. The number of aromatic nitrogens is 3. The summed E-state index contributed by atoms with van der Waals surface area (Å²) < 4.78 is 28.3. The summed E-state index contributed by atoms with van der Waals surface area (Å²) >= 11 is 0. The maximum Gasteiger partial charge on any atom is 0.228 e. The van der Waals surface area contributed by atoms with Crippen LogP contribution in [0.4, 0.5) is 0 Å². The lowest BCUT2D eigenvalue weighted by molar-refractivity contribution is 0.357. The molecule has 0 saturated carbocycles. The second-order valence-corrected chi connectivity index (χ2v) is 7.30. The number of sulfone groups is 1. The predicted molar refractivity (Wildman–Crippen MR) is 75.5 cm³/mol. The van der Waals surface area contributed by atoms with Crippen LogP contribution in [-0.2, 0) is 22.7 Å². The molecule has 0 spiro atoms. The fourth-order valence-electron chi connectivity index (χ4n) is 2.32. The Hall–Kier alpha value is -1.80. The first-order chi connectivity index (χ1) is 10.1. The van der Waals surface area contributed by atoms with Gasteiger partial charge in [0.25, 0.3) is 0 Å². The first-order valence-electron chi connectivity index (χ1n) is 6.76. The molecule has 0 amide bonds. The second kappa shape index (κ2) is 5.90. The molecule has 0 bridgehead atoms. The summed E-state index contributed by atoms with van der Waals surface area (Å²) in [5, 5.41) is 7.07. The van der Waals surface area contributed by atoms with Crippen LogP contribution in [0.5, 0.6) is 0 Å². The highest BCUT2D eigenvalue weighted by molar-refractivity contribution is 7.91. The minimum atomic E-state index is -2.96. The fraction of sp³-hybridized carbons (Fsp3) is 0.462. The molecule has 0 radical (unpaired) electrons. The number of nitrogens with one attached hydrogen (secondary N) is 1. The first kappa shape index (κ1) is 14.2. The van der Waals surface area contributed by atoms with Gasteiger partial charge in [0.2, 0.25) is 5.89 Å². The molecular formula is C13H16N4O3S. The molecule has 0 aliphatic carbocycles. The van der Waals surface area contributed by atoms with Gasteiger partial charge in [-0.15, -0.1) is 0 Å². The molecule has 2 aromatic heterocycles. The van der Waals surface area contributed by atoms with Gasteiger partial charge in [-0.1, -0.05) is 11.2 Å². The molecule has 1 aliphatic heterocycles. The normalized spacial score (nSPS) is 21.2. The Bertz CT molecular complexity index is 699. The smallest absolute Gasteiger partial charge is 0.228 e. The largest absolute Gasteiger partial charge is 0.339 e. The van der Waals surface area contributed by atoms with Crippen LogP contribution in [0.2, 0.25) is 0 Å². The van der Waals surface area contributed by atoms with E-state index in [2.05, 4.69) is 20.4 Å². The highest BCUT2D eigenvalue weighted by Crippen LogP contribution is 2.09. The van der Waals surface area contributed by atoms with Crippen molar-refractivity contribution in [3.8, 4) is 0 Å². The Morgan fingerprint density at radius 2 is 2.29 bits per heavy atom. The number of hydrogen-bond donors (Lipinski definition) is 1. The van der Waals surface area contributed by atoms with E-state index in [0.29, 0.717) is 31.1 Å². The lowest BCUT2D eigenvalue weighted by atomic mass is 10.2. The molecule has 3 heterocycles. The SMILES string of the molecule is O=S1(=O)CCNC(Cc2nc(Cc3ccccn3)no2)C1. The summed E-state index contributed by atoms with van der Waals surface area (Å²) in [4.78, 5) is 8.50. The van der Waals surface area contributed by atoms with Gasteiger partial charge in [0, 0.05) is 30.9 Å². The van der Waals surface area contributed by atoms with Gasteiger partial charge in [-0.25, -0.2) is 8.42 Å². The molecule has 2 aromatic rings. The van der Waals surface area contributed by atoms with Crippen LogP contribution in [0, 0.1) is 0 Å². The number of rotatable bonds is 4. The first-order valence-corrected chi connectivity index (χ1v) is 8.58. The van der Waals surface area contributed by atoms with Crippen LogP contribution < -0.4 is 5.32 Å². The number of hydrogen-bond acceptors (Lipinski definition) is 7. The van der Waals surface area contributed by atoms with Crippen molar-refractivity contribution in [3.05, 3.63) is 41.8 Å². The highest BCUT2D eigenvalue weighted by atomic mass is 32.2. The molecule has 3 rings (SSSR count). The molecule has 1 unspecified atom stereocenters. The van der Waals surface area contributed by atoms with E-state index >= 15 is 0 Å². The third-order valence-electron chi connectivity index (χ3n) is 3.30. The maximum atomic E-state index is 11.6. The van der Waals surface area contributed by atoms with Crippen molar-refractivity contribution < 1.29 is 12.9 Å². The molecule has 112 valence electrons. The molecular weight excluding hydrogens is 292 g/mol. The Balaban J connectivity index is 1.63. The quantitative estimate of drug-likeness (QED) is 0.848. The van der Waals surface area contributed by atoms with Crippen molar-refractivity contribution in [1.29, 1.82) is 0 Å². The van der Waals surface area contributed by atoms with E-state index in [-0.39, 0.29) is 17.5 Å². The van der Waals surface area contributed by atoms with Crippen LogP contribution in [0.25, 0.3) is 0 Å². The molecule has 7 nitrogen and oxygen atoms in total. The van der Waals surface area contributed by atoms with Crippen LogP contribution in [0.15, 0.2) is 28.9 Å². The minimum Gasteiger partial charge on any atom is -0.339 e. The maximum absolute atomic E-state index is 11.6. The third-order valence-corrected chi connectivity index (χ3v) is 5.03. The zero-order valence-corrected chi connectivity index (χ0v) is 12.2. The van der Waals surface area contributed by atoms with Gasteiger partial charge in [-0.05, 0) is 12.1 Å². The summed E-state index contributed by atoms with van der Waals surface area (Å²) in [6.07, 6.45) is 2.64. The average Bonchev–Trinajstić information content (AvgIpc) is 2.86. The molecule has 1 fully saturated rings. The Morgan fingerprint density at radius 3 is 3.05 bits per heavy atom. The zero-order chi connectivity index (χ0) is 14.7. The standard InChI is InChI=1S/C13H16N4O3S/c18-21(19)6-5-15-11(9-21)8-13-16-12(17-20-13)7-10-3-1-2-4-14-10/h1-4,11,15H,5-9H2. The monoisotopic (exact) mass is 308 g/mol. The number of pyridine rings is 1. The van der Waals surface area contributed by atoms with Crippen molar-refractivity contribution in [2.24, 2.45) is 0 Å². The molecule has 1 saturated heterocycles. The second-order valence-electron chi connectivity index (χ2n) is 5.07. The summed E-state index contributed by atoms with van der Waals surface area (Å²) in [7, 11) is -2.96. The number of nitrogens with zero attached hydrogens (tertiary/aromatic N) is 3. The van der Waals surface area contributed by atoms with E-state index < -0.39 is 9.84 Å². The van der Waals surface area contributed by atoms with Crippen molar-refractivity contribution >= 4 is 9.84 Å². The van der Waals surface area contributed by atoms with E-state index in [1.54, 1.807) is 6.20 Å². The zero-order valence-electron chi connectivity index (χ0n) is 11.4. The van der Waals surface area contributed by atoms with Gasteiger partial charge in [0.15, 0.2) is 15.7 Å². The van der Waals surface area contributed by atoms with E-state index in [4.69, 9.17) is 4.52 Å². The van der Waals surface area contributed by atoms with Gasteiger partial charge in [-0.3, -0.25) is 4.98 Å². The predicted octanol–water partition coefficient (Wildman–Crippen LogP) is -0.0155. The van der Waals surface area contributed by atoms with Crippen LogP contribution >= 0.6 is 0 Å². The van der Waals surface area contributed by atoms with Gasteiger partial charge >= 0.3 is 0 Å². The fourth-order valence-corrected chi connectivity index (χ4v) is 3.76. The van der Waals surface area contributed by atoms with E-state index in [1.165, 1.54) is 0 Å². The van der Waals surface area contributed by atoms with E-state index in [9.17, 15) is 8.42 Å². The van der Waals surface area contributed by atoms with Gasteiger partial charge in [0.1, 0.15) is 0 Å². The van der Waals surface area contributed by atoms with Crippen molar-refractivity contribution in [3.63, 3.8) is 0 Å². The van der Waals surface area contributed by atoms with Crippen molar-refractivity contribution in [2.75, 3.05) is 18.1 Å². The van der Waals surface area contributed by atoms with Gasteiger partial charge < -0.3 is 9.84 Å². The van der Waals surface area contributed by atoms with Crippen LogP contribution in [-0.4, -0.2) is 47.6 Å². The Labute approximate surface area is 122 Å². The molecule has 1 atom stereocenters.